The number of esters is 2. The van der Waals surface area contributed by atoms with Crippen LogP contribution < -0.4 is 11.2 Å². The number of ether oxygens (including phenoxy) is 2. The Balaban J connectivity index is 0.000000228. The van der Waals surface area contributed by atoms with Gasteiger partial charge in [-0.1, -0.05) is 110 Å². The quantitative estimate of drug-likeness (QED) is 0.0160. The van der Waals surface area contributed by atoms with Gasteiger partial charge in [-0.25, -0.2) is 27.0 Å². The van der Waals surface area contributed by atoms with E-state index in [1.807, 2.05) is 86.3 Å². The Hall–Kier alpha value is -7.95. The summed E-state index contributed by atoms with van der Waals surface area (Å²) in [5.74, 6) is -1.77. The lowest BCUT2D eigenvalue weighted by molar-refractivity contribution is -0.142. The number of hydrogen-bond donors (Lipinski definition) is 2. The zero-order chi connectivity index (χ0) is 70.0. The van der Waals surface area contributed by atoms with Crippen molar-refractivity contribution >= 4 is 79.7 Å². The molecule has 0 fully saturated rings. The third-order valence-corrected chi connectivity index (χ3v) is 17.2. The van der Waals surface area contributed by atoms with Crippen LogP contribution in [-0.2, 0) is 68.6 Å². The van der Waals surface area contributed by atoms with E-state index in [-0.39, 0.29) is 68.4 Å². The number of aromatic nitrogens is 5. The first-order valence-corrected chi connectivity index (χ1v) is 33.3. The van der Waals surface area contributed by atoms with Gasteiger partial charge in [0, 0.05) is 65.2 Å². The number of H-pyrrole nitrogens is 1. The molecule has 2 aliphatic rings. The minimum absolute atomic E-state index is 0.00866. The molecule has 6 aromatic rings. The second-order valence-corrected chi connectivity index (χ2v) is 25.9. The van der Waals surface area contributed by atoms with Crippen molar-refractivity contribution in [1.29, 1.82) is 0 Å². The normalized spacial score (nSPS) is 15.3. The number of ketones is 2. The molecule has 30 heteroatoms. The van der Waals surface area contributed by atoms with E-state index in [9.17, 15) is 68.6 Å². The number of benzene rings is 4. The third kappa shape index (κ3) is 19.6. The topological polar surface area (TPSA) is 262 Å². The summed E-state index contributed by atoms with van der Waals surface area (Å²) in [6.07, 6.45) is -0.264. The number of hydrogen-bond acceptors (Lipinski definition) is 17. The first-order chi connectivity index (χ1) is 44.3. The molecular formula is C64H73Cl2F6N7O13S2. The van der Waals surface area contributed by atoms with E-state index >= 15 is 0 Å². The Labute approximate surface area is 553 Å². The first kappa shape index (κ1) is 76.8. The molecule has 4 aromatic carbocycles. The van der Waals surface area contributed by atoms with Crippen LogP contribution in [0.1, 0.15) is 136 Å². The fourth-order valence-corrected chi connectivity index (χ4v) is 12.4. The highest BCUT2D eigenvalue weighted by molar-refractivity contribution is 7.99. The molecule has 2 aromatic heterocycles. The summed E-state index contributed by atoms with van der Waals surface area (Å²) < 4.78 is 114. The van der Waals surface area contributed by atoms with E-state index in [0.717, 1.165) is 52.6 Å². The number of aromatic amines is 1. The monoisotopic (exact) mass is 1400 g/mol. The molecule has 1 aliphatic heterocycles. The van der Waals surface area contributed by atoms with Crippen molar-refractivity contribution in [2.45, 2.75) is 134 Å². The van der Waals surface area contributed by atoms with Gasteiger partial charge in [-0.05, 0) is 95.0 Å². The number of alkyl halides is 6. The lowest BCUT2D eigenvalue weighted by Gasteiger charge is -2.27. The number of sulfone groups is 1. The summed E-state index contributed by atoms with van der Waals surface area (Å²) >= 11 is 13.8. The van der Waals surface area contributed by atoms with Gasteiger partial charge in [0.2, 0.25) is 5.78 Å². The number of thioether (sulfide) groups is 1. The Bertz CT molecular complexity index is 3950. The second kappa shape index (κ2) is 34.5. The van der Waals surface area contributed by atoms with Crippen LogP contribution >= 0.6 is 35.0 Å². The zero-order valence-electron chi connectivity index (χ0n) is 53.1. The Morgan fingerprint density at radius 1 is 0.915 bits per heavy atom. The van der Waals surface area contributed by atoms with E-state index in [1.165, 1.54) is 20.9 Å². The molecule has 94 heavy (non-hydrogen) atoms. The van der Waals surface area contributed by atoms with Crippen molar-refractivity contribution in [1.82, 2.24) is 24.1 Å². The minimum atomic E-state index is -4.76. The Morgan fingerprint density at radius 3 is 2.03 bits per heavy atom. The summed E-state index contributed by atoms with van der Waals surface area (Å²) in [4.78, 5) is 82.8. The molecule has 1 aliphatic carbocycles. The fraction of sp³-hybridized carbons (Fsp3) is 0.422. The van der Waals surface area contributed by atoms with Gasteiger partial charge in [0.05, 0.1) is 41.4 Å². The average Bonchev–Trinajstić information content (AvgIpc) is 1.56. The third-order valence-electron chi connectivity index (χ3n) is 14.3. The molecular weight excluding hydrogens is 1320 g/mol. The molecule has 0 saturated carbocycles. The number of aliphatic hydroxyl groups is 1. The van der Waals surface area contributed by atoms with Gasteiger partial charge in [0.1, 0.15) is 34.8 Å². The molecule has 0 radical (unpaired) electrons. The summed E-state index contributed by atoms with van der Waals surface area (Å²) in [6.45, 7) is 12.0. The van der Waals surface area contributed by atoms with Gasteiger partial charge in [0.25, 0.3) is 5.56 Å². The van der Waals surface area contributed by atoms with Crippen LogP contribution in [0, 0.1) is 25.6 Å². The van der Waals surface area contributed by atoms with Crippen LogP contribution in [0.2, 0.25) is 5.02 Å². The van der Waals surface area contributed by atoms with E-state index in [4.69, 9.17) is 42.4 Å². The molecule has 510 valence electrons. The number of aliphatic hydroxyl groups excluding tert-OH is 1. The number of allylic oxidation sites excluding steroid dienone is 2. The average molecular weight is 1400 g/mol. The number of nitrogens with zero attached hydrogens (tertiary/aromatic N) is 6. The molecule has 2 N–H and O–H groups in total. The number of halogens is 8. The van der Waals surface area contributed by atoms with Crippen LogP contribution in [0.5, 0.6) is 0 Å². The van der Waals surface area contributed by atoms with E-state index < -0.39 is 84.4 Å². The van der Waals surface area contributed by atoms with Crippen molar-refractivity contribution in [3.05, 3.63) is 179 Å². The molecule has 0 spiro atoms. The number of Topliss-reactive ketones (excluding diaryl/α,β-unsaturated/α-hetero) is 1. The summed E-state index contributed by atoms with van der Waals surface area (Å²) in [6, 6.07) is 23.4. The number of oxime groups is 2. The molecule has 0 amide bonds. The van der Waals surface area contributed by atoms with E-state index in [2.05, 4.69) is 34.4 Å². The molecule has 0 bridgehead atoms. The fourth-order valence-electron chi connectivity index (χ4n) is 10.1. The van der Waals surface area contributed by atoms with E-state index in [0.29, 0.717) is 84.2 Å². The van der Waals surface area contributed by atoms with E-state index in [1.54, 1.807) is 13.8 Å². The summed E-state index contributed by atoms with van der Waals surface area (Å²) in [7, 11) is -2.77. The maximum Gasteiger partial charge on any atom is 0.416 e. The van der Waals surface area contributed by atoms with Gasteiger partial charge in [-0.2, -0.15) is 38.4 Å². The Morgan fingerprint density at radius 2 is 1.53 bits per heavy atom. The van der Waals surface area contributed by atoms with Gasteiger partial charge in [-0.3, -0.25) is 29.0 Å². The highest BCUT2D eigenvalue weighted by atomic mass is 35.5. The van der Waals surface area contributed by atoms with Crippen molar-refractivity contribution in [3.8, 4) is 5.69 Å². The maximum absolute atomic E-state index is 14.2. The number of carbonyl (C=O) groups is 4. The minimum Gasteiger partial charge on any atom is -0.511 e. The molecule has 8 rings (SSSR count). The van der Waals surface area contributed by atoms with Crippen molar-refractivity contribution in [2.24, 2.45) is 23.3 Å². The molecule has 0 saturated heterocycles. The maximum atomic E-state index is 14.2. The van der Waals surface area contributed by atoms with Crippen LogP contribution in [0.15, 0.2) is 127 Å². The van der Waals surface area contributed by atoms with Gasteiger partial charge < -0.3 is 24.3 Å². The number of nitrogens with one attached hydrogen (secondary N) is 1. The predicted octanol–water partition coefficient (Wildman–Crippen LogP) is 12.7. The number of aryl methyl sites for hydroxylation is 3. The van der Waals surface area contributed by atoms with Crippen molar-refractivity contribution in [2.75, 3.05) is 31.8 Å². The molecule has 3 atom stereocenters. The highest BCUT2D eigenvalue weighted by Crippen LogP contribution is 2.42. The largest absolute Gasteiger partial charge is 0.511 e. The molecule has 3 heterocycles. The van der Waals surface area contributed by atoms with Crippen molar-refractivity contribution in [3.63, 3.8) is 0 Å². The van der Waals surface area contributed by atoms with Crippen LogP contribution in [-0.4, -0.2) is 115 Å². The standard InChI is InChI=1S/C18H17NO3.C17H29NO3S.C15H14Cl2F3N3O3.C14H13F3N2O4S/c1-2-21-17(20)16-13-18(22-19-16,14-9-5-3-6-10-14)15-11-7-4-8-12-15;1-5-8-14(18-21-6-2)17-15(19)10-13(11-16(17)20)9-12(4)22-7-3;1-3-26-13(24)10(17)4-8-5-12(11(18)6-9(8)16)23-15(25)22(14(19)20)7(2)21-23;1-7-11(13(21)19(2)18-7)12(20)9-5-4-8(14(15,16)17)6-10(9)24(3,22)23/h3-12H,2,13H2,1H3;12-13,19H,5-11H2,1-4H3;5-6,10,14H,3-4H2,1-2H3;4-6,18H,1-3H3/b;18-14+;;. The van der Waals surface area contributed by atoms with Crippen LogP contribution in [0.3, 0.4) is 0 Å². The smallest absolute Gasteiger partial charge is 0.416 e. The second-order valence-electron chi connectivity index (χ2n) is 21.3. The SMILES string of the molecule is CCC/C(=N\OCC)C1=C(O)CC(CC(C)SCC)CC1=O.CCOC(=O)C(Cl)Cc1cc(-n2nc(C)n(C(F)F)c2=O)c(F)cc1Cl.CCOC(=O)C1=NOC(c2ccccc2)(c2ccccc2)C1.Cc1[nH]n(C)c(=O)c1C(=O)c1ccc(C(F)(F)F)cc1S(C)(=O)=O. The highest BCUT2D eigenvalue weighted by Gasteiger charge is 2.45. The zero-order valence-corrected chi connectivity index (χ0v) is 56.3. The predicted molar refractivity (Wildman–Crippen MR) is 345 cm³/mol. The van der Waals surface area contributed by atoms with Crippen molar-refractivity contribution < 1.29 is 78.2 Å². The van der Waals surface area contributed by atoms with Gasteiger partial charge in [0.15, 0.2) is 32.8 Å². The van der Waals surface area contributed by atoms with Crippen LogP contribution in [0.4, 0.5) is 26.3 Å². The molecule has 20 nitrogen and oxygen atoms in total. The summed E-state index contributed by atoms with van der Waals surface area (Å²) in [5, 5.41) is 24.0. The van der Waals surface area contributed by atoms with Gasteiger partial charge >= 0.3 is 30.4 Å². The lowest BCUT2D eigenvalue weighted by atomic mass is 9.82. The molecule has 3 unspecified atom stereocenters. The number of rotatable bonds is 22. The first-order valence-electron chi connectivity index (χ1n) is 29.6. The number of carbonyl (C=O) groups excluding carboxylic acids is 4. The lowest BCUT2D eigenvalue weighted by Crippen LogP contribution is -2.29. The van der Waals surface area contributed by atoms with Gasteiger partial charge in [-0.15, -0.1) is 16.7 Å². The Kier molecular flexibility index (Phi) is 28.1. The summed E-state index contributed by atoms with van der Waals surface area (Å²) in [5.41, 5.74) is -1.40. The van der Waals surface area contributed by atoms with Crippen LogP contribution in [0.25, 0.3) is 5.69 Å².